The summed E-state index contributed by atoms with van der Waals surface area (Å²) in [6.45, 7) is 4.48. The second-order valence-electron chi connectivity index (χ2n) is 4.01. The summed E-state index contributed by atoms with van der Waals surface area (Å²) >= 11 is 1.65. The molecule has 4 nitrogen and oxygen atoms in total. The van der Waals surface area contributed by atoms with Gasteiger partial charge in [-0.25, -0.2) is 0 Å². The molecule has 0 saturated heterocycles. The molecule has 2 heterocycles. The molecule has 0 saturated carbocycles. The summed E-state index contributed by atoms with van der Waals surface area (Å²) in [5.41, 5.74) is 3.77. The number of carboxylic acids is 1. The summed E-state index contributed by atoms with van der Waals surface area (Å²) in [6.07, 6.45) is 0.0430. The van der Waals surface area contributed by atoms with Gasteiger partial charge in [-0.2, -0.15) is 16.4 Å². The van der Waals surface area contributed by atoms with Crippen LogP contribution in [0.5, 0.6) is 0 Å². The fraction of sp³-hybridized carbons (Fsp3) is 0.333. The zero-order valence-electron chi connectivity index (χ0n) is 9.80. The number of carbonyl (C=O) groups is 1. The van der Waals surface area contributed by atoms with Gasteiger partial charge >= 0.3 is 5.97 Å². The summed E-state index contributed by atoms with van der Waals surface area (Å²) in [5, 5.41) is 17.3. The SMILES string of the molecule is Cc1nn(Cc2ccsc2)c(C)c1CC(=O)O. The molecule has 1 N–H and O–H groups in total. The largest absolute Gasteiger partial charge is 0.481 e. The highest BCUT2D eigenvalue weighted by Gasteiger charge is 2.14. The van der Waals surface area contributed by atoms with Crippen LogP contribution in [0.3, 0.4) is 0 Å². The Hall–Kier alpha value is -1.62. The second-order valence-corrected chi connectivity index (χ2v) is 4.79. The van der Waals surface area contributed by atoms with Crippen LogP contribution in [-0.2, 0) is 17.8 Å². The van der Waals surface area contributed by atoms with Gasteiger partial charge in [-0.1, -0.05) is 0 Å². The molecule has 0 radical (unpaired) electrons. The first-order valence-electron chi connectivity index (χ1n) is 5.33. The standard InChI is InChI=1S/C12H14N2O2S/c1-8-11(5-12(15)16)9(2)14(13-8)6-10-3-4-17-7-10/h3-4,7H,5-6H2,1-2H3,(H,15,16). The summed E-state index contributed by atoms with van der Waals surface area (Å²) in [7, 11) is 0. The van der Waals surface area contributed by atoms with E-state index in [-0.39, 0.29) is 6.42 Å². The zero-order valence-corrected chi connectivity index (χ0v) is 10.6. The molecule has 0 spiro atoms. The minimum Gasteiger partial charge on any atom is -0.481 e. The Kier molecular flexibility index (Phi) is 3.28. The highest BCUT2D eigenvalue weighted by molar-refractivity contribution is 7.07. The maximum Gasteiger partial charge on any atom is 0.307 e. The van der Waals surface area contributed by atoms with Crippen LogP contribution in [-0.4, -0.2) is 20.9 Å². The molecule has 0 bridgehead atoms. The van der Waals surface area contributed by atoms with E-state index in [2.05, 4.69) is 16.5 Å². The van der Waals surface area contributed by atoms with Crippen molar-refractivity contribution in [2.45, 2.75) is 26.8 Å². The zero-order chi connectivity index (χ0) is 12.4. The van der Waals surface area contributed by atoms with Gasteiger partial charge < -0.3 is 5.11 Å². The summed E-state index contributed by atoms with van der Waals surface area (Å²) in [4.78, 5) is 10.8. The van der Waals surface area contributed by atoms with Crippen molar-refractivity contribution in [3.8, 4) is 0 Å². The molecule has 2 aromatic heterocycles. The van der Waals surface area contributed by atoms with E-state index in [1.807, 2.05) is 23.9 Å². The molecule has 0 atom stereocenters. The van der Waals surface area contributed by atoms with Gasteiger partial charge in [0.15, 0.2) is 0 Å². The van der Waals surface area contributed by atoms with Crippen molar-refractivity contribution in [3.05, 3.63) is 39.3 Å². The number of thiophene rings is 1. The van der Waals surface area contributed by atoms with Crippen LogP contribution in [0.4, 0.5) is 0 Å². The second kappa shape index (κ2) is 4.71. The Morgan fingerprint density at radius 2 is 2.29 bits per heavy atom. The van der Waals surface area contributed by atoms with E-state index in [1.165, 1.54) is 5.56 Å². The minimum atomic E-state index is -0.814. The van der Waals surface area contributed by atoms with Crippen LogP contribution >= 0.6 is 11.3 Å². The molecule has 0 aromatic carbocycles. The normalized spacial score (nSPS) is 10.7. The average molecular weight is 250 g/mol. The molecular weight excluding hydrogens is 236 g/mol. The Morgan fingerprint density at radius 1 is 1.53 bits per heavy atom. The van der Waals surface area contributed by atoms with E-state index < -0.39 is 5.97 Å². The van der Waals surface area contributed by atoms with E-state index in [9.17, 15) is 4.79 Å². The van der Waals surface area contributed by atoms with Crippen molar-refractivity contribution in [2.75, 3.05) is 0 Å². The molecule has 2 rings (SSSR count). The molecule has 0 amide bonds. The lowest BCUT2D eigenvalue weighted by molar-refractivity contribution is -0.136. The lowest BCUT2D eigenvalue weighted by Gasteiger charge is -2.03. The predicted molar refractivity (Wildman–Crippen MR) is 66.5 cm³/mol. The van der Waals surface area contributed by atoms with Gasteiger partial charge in [-0.3, -0.25) is 9.48 Å². The third kappa shape index (κ3) is 2.55. The summed E-state index contributed by atoms with van der Waals surface area (Å²) < 4.78 is 1.87. The fourth-order valence-corrected chi connectivity index (χ4v) is 2.51. The fourth-order valence-electron chi connectivity index (χ4n) is 1.85. The highest BCUT2D eigenvalue weighted by Crippen LogP contribution is 2.16. The molecule has 0 aliphatic heterocycles. The van der Waals surface area contributed by atoms with Crippen molar-refractivity contribution < 1.29 is 9.90 Å². The van der Waals surface area contributed by atoms with E-state index in [0.717, 1.165) is 17.0 Å². The van der Waals surface area contributed by atoms with Gasteiger partial charge in [0.25, 0.3) is 0 Å². The number of hydrogen-bond donors (Lipinski definition) is 1. The number of aryl methyl sites for hydroxylation is 1. The summed E-state index contributed by atoms with van der Waals surface area (Å²) in [5.74, 6) is -0.814. The first kappa shape index (κ1) is 11.9. The summed E-state index contributed by atoms with van der Waals surface area (Å²) in [6, 6.07) is 2.05. The minimum absolute atomic E-state index is 0.0430. The number of hydrogen-bond acceptors (Lipinski definition) is 3. The van der Waals surface area contributed by atoms with Crippen molar-refractivity contribution in [1.82, 2.24) is 9.78 Å². The number of aromatic nitrogens is 2. The van der Waals surface area contributed by atoms with Crippen LogP contribution in [0.1, 0.15) is 22.5 Å². The topological polar surface area (TPSA) is 55.1 Å². The third-order valence-corrected chi connectivity index (χ3v) is 3.50. The number of rotatable bonds is 4. The quantitative estimate of drug-likeness (QED) is 0.905. The molecule has 0 aliphatic rings. The number of aliphatic carboxylic acids is 1. The van der Waals surface area contributed by atoms with Crippen molar-refractivity contribution in [2.24, 2.45) is 0 Å². The van der Waals surface area contributed by atoms with E-state index in [4.69, 9.17) is 5.11 Å². The highest BCUT2D eigenvalue weighted by atomic mass is 32.1. The Morgan fingerprint density at radius 3 is 2.88 bits per heavy atom. The van der Waals surface area contributed by atoms with E-state index in [0.29, 0.717) is 6.54 Å². The van der Waals surface area contributed by atoms with Gasteiger partial charge in [0.1, 0.15) is 0 Å². The Balaban J connectivity index is 2.27. The molecule has 0 unspecified atom stereocenters. The van der Waals surface area contributed by atoms with Gasteiger partial charge in [0.05, 0.1) is 18.7 Å². The van der Waals surface area contributed by atoms with Crippen molar-refractivity contribution in [1.29, 1.82) is 0 Å². The van der Waals surface area contributed by atoms with Crippen LogP contribution in [0, 0.1) is 13.8 Å². The molecule has 5 heteroatoms. The van der Waals surface area contributed by atoms with Gasteiger partial charge in [-0.05, 0) is 36.2 Å². The Bertz CT molecular complexity index is 529. The molecule has 2 aromatic rings. The smallest absolute Gasteiger partial charge is 0.307 e. The van der Waals surface area contributed by atoms with E-state index >= 15 is 0 Å². The van der Waals surface area contributed by atoms with Gasteiger partial charge in [-0.15, -0.1) is 0 Å². The lowest BCUT2D eigenvalue weighted by atomic mass is 10.1. The maximum atomic E-state index is 10.8. The average Bonchev–Trinajstić information content (AvgIpc) is 2.83. The van der Waals surface area contributed by atoms with E-state index in [1.54, 1.807) is 11.3 Å². The van der Waals surface area contributed by atoms with Crippen LogP contribution in [0.25, 0.3) is 0 Å². The molecule has 17 heavy (non-hydrogen) atoms. The van der Waals surface area contributed by atoms with Gasteiger partial charge in [0.2, 0.25) is 0 Å². The molecular formula is C12H14N2O2S. The maximum absolute atomic E-state index is 10.8. The third-order valence-electron chi connectivity index (χ3n) is 2.77. The first-order chi connectivity index (χ1) is 8.08. The monoisotopic (exact) mass is 250 g/mol. The molecule has 90 valence electrons. The van der Waals surface area contributed by atoms with Crippen LogP contribution in [0.2, 0.25) is 0 Å². The van der Waals surface area contributed by atoms with Crippen molar-refractivity contribution in [3.63, 3.8) is 0 Å². The van der Waals surface area contributed by atoms with Crippen molar-refractivity contribution >= 4 is 17.3 Å². The lowest BCUT2D eigenvalue weighted by Crippen LogP contribution is -2.05. The van der Waals surface area contributed by atoms with Gasteiger partial charge in [0, 0.05) is 11.3 Å². The molecule has 0 aliphatic carbocycles. The Labute approximate surface area is 104 Å². The predicted octanol–water partition coefficient (Wildman–Crippen LogP) is 2.24. The van der Waals surface area contributed by atoms with Crippen LogP contribution < -0.4 is 0 Å². The van der Waals surface area contributed by atoms with Crippen LogP contribution in [0.15, 0.2) is 16.8 Å². The number of nitrogens with zero attached hydrogens (tertiary/aromatic N) is 2. The first-order valence-corrected chi connectivity index (χ1v) is 6.28. The molecule has 0 fully saturated rings. The number of carboxylic acid groups (broad SMARTS) is 1.